The molecule has 1 N–H and O–H groups in total. The minimum atomic E-state index is -1.20. The molecule has 0 aromatic rings. The van der Waals surface area contributed by atoms with Crippen molar-refractivity contribution < 1.29 is 19.1 Å². The fourth-order valence-electron chi connectivity index (χ4n) is 3.10. The van der Waals surface area contributed by atoms with Gasteiger partial charge >= 0.3 is 6.03 Å². The lowest BCUT2D eigenvalue weighted by Gasteiger charge is -2.46. The highest BCUT2D eigenvalue weighted by Crippen LogP contribution is 2.36. The van der Waals surface area contributed by atoms with Gasteiger partial charge in [-0.15, -0.1) is 0 Å². The van der Waals surface area contributed by atoms with Crippen LogP contribution in [0.2, 0.25) is 0 Å². The second kappa shape index (κ2) is 5.40. The number of nitrogens with one attached hydrogen (secondary N) is 1. The highest BCUT2D eigenvalue weighted by molar-refractivity contribution is 6.18. The van der Waals surface area contributed by atoms with Gasteiger partial charge in [-0.1, -0.05) is 13.8 Å². The molecule has 118 valence electrons. The van der Waals surface area contributed by atoms with Gasteiger partial charge in [0.1, 0.15) is 5.41 Å². The van der Waals surface area contributed by atoms with E-state index in [1.807, 2.05) is 0 Å². The molecule has 2 aliphatic rings. The van der Waals surface area contributed by atoms with Crippen LogP contribution in [0.3, 0.4) is 0 Å². The van der Waals surface area contributed by atoms with Gasteiger partial charge in [-0.25, -0.2) is 4.79 Å². The molecule has 1 unspecified atom stereocenters. The Hall–Kier alpha value is -1.43. The van der Waals surface area contributed by atoms with Crippen LogP contribution in [-0.2, 0) is 14.3 Å². The van der Waals surface area contributed by atoms with Crippen molar-refractivity contribution in [1.29, 1.82) is 0 Å². The van der Waals surface area contributed by atoms with Crippen molar-refractivity contribution in [3.05, 3.63) is 0 Å². The lowest BCUT2D eigenvalue weighted by Crippen LogP contribution is -2.65. The summed E-state index contributed by atoms with van der Waals surface area (Å²) >= 11 is 0. The van der Waals surface area contributed by atoms with E-state index in [0.29, 0.717) is 19.4 Å². The van der Waals surface area contributed by atoms with Crippen molar-refractivity contribution in [3.63, 3.8) is 0 Å². The van der Waals surface area contributed by atoms with Crippen LogP contribution in [0.1, 0.15) is 53.4 Å². The molecule has 6 nitrogen and oxygen atoms in total. The maximum Gasteiger partial charge on any atom is 0.331 e. The van der Waals surface area contributed by atoms with E-state index in [-0.39, 0.29) is 11.6 Å². The molecule has 2 rings (SSSR count). The lowest BCUT2D eigenvalue weighted by molar-refractivity contribution is -0.155. The molecule has 0 aromatic heterocycles. The largest absolute Gasteiger partial charge is 0.375 e. The van der Waals surface area contributed by atoms with Gasteiger partial charge in [0.05, 0.1) is 5.60 Å². The normalized spacial score (nSPS) is 28.5. The smallest absolute Gasteiger partial charge is 0.331 e. The molecule has 0 bridgehead atoms. The molecule has 6 heteroatoms. The third-order valence-electron chi connectivity index (χ3n) is 4.88. The summed E-state index contributed by atoms with van der Waals surface area (Å²) in [5.41, 5.74) is -1.48. The van der Waals surface area contributed by atoms with Crippen molar-refractivity contribution in [2.45, 2.75) is 65.0 Å². The summed E-state index contributed by atoms with van der Waals surface area (Å²) in [5, 5.41) is 2.30. The van der Waals surface area contributed by atoms with E-state index >= 15 is 0 Å². The van der Waals surface area contributed by atoms with E-state index in [1.165, 1.54) is 4.90 Å². The number of barbiturate groups is 1. The van der Waals surface area contributed by atoms with Crippen LogP contribution in [0.15, 0.2) is 0 Å². The first-order valence-corrected chi connectivity index (χ1v) is 7.60. The van der Waals surface area contributed by atoms with Crippen LogP contribution in [0.5, 0.6) is 0 Å². The number of carbonyl (C=O) groups excluding carboxylic acids is 3. The number of ether oxygens (including phenoxy) is 1. The van der Waals surface area contributed by atoms with Crippen LogP contribution >= 0.6 is 0 Å². The summed E-state index contributed by atoms with van der Waals surface area (Å²) in [6, 6.07) is -0.809. The van der Waals surface area contributed by atoms with Crippen LogP contribution in [-0.4, -0.2) is 41.0 Å². The van der Waals surface area contributed by atoms with Gasteiger partial charge in [-0.05, 0) is 39.5 Å². The fraction of sp³-hybridized carbons (Fsp3) is 0.800. The van der Waals surface area contributed by atoms with E-state index in [2.05, 4.69) is 19.2 Å². The molecule has 0 spiro atoms. The molecule has 0 aliphatic carbocycles. The Morgan fingerprint density at radius 3 is 2.43 bits per heavy atom. The first-order valence-electron chi connectivity index (χ1n) is 7.60. The summed E-state index contributed by atoms with van der Waals surface area (Å²) in [4.78, 5) is 37.7. The van der Waals surface area contributed by atoms with Gasteiger partial charge in [0.15, 0.2) is 0 Å². The summed E-state index contributed by atoms with van der Waals surface area (Å²) in [6.45, 7) is 7.74. The lowest BCUT2D eigenvalue weighted by atomic mass is 9.82. The molecule has 2 saturated heterocycles. The molecule has 0 aromatic carbocycles. The van der Waals surface area contributed by atoms with Crippen LogP contribution in [0.25, 0.3) is 0 Å². The first kappa shape index (κ1) is 15.9. The summed E-state index contributed by atoms with van der Waals surface area (Å²) in [7, 11) is 0. The average Bonchev–Trinajstić information content (AvgIpc) is 2.46. The zero-order chi connectivity index (χ0) is 15.8. The molecule has 0 saturated carbocycles. The number of nitrogens with zero attached hydrogens (tertiary/aromatic N) is 1. The van der Waals surface area contributed by atoms with Crippen molar-refractivity contribution >= 4 is 17.8 Å². The van der Waals surface area contributed by atoms with Gasteiger partial charge in [0.25, 0.3) is 0 Å². The third-order valence-corrected chi connectivity index (χ3v) is 4.88. The molecule has 0 radical (unpaired) electrons. The van der Waals surface area contributed by atoms with Crippen LogP contribution < -0.4 is 5.32 Å². The van der Waals surface area contributed by atoms with E-state index in [0.717, 1.165) is 12.8 Å². The van der Waals surface area contributed by atoms with Crippen molar-refractivity contribution in [2.75, 3.05) is 6.61 Å². The minimum Gasteiger partial charge on any atom is -0.375 e. The number of urea groups is 1. The highest BCUT2D eigenvalue weighted by atomic mass is 16.5. The monoisotopic (exact) mass is 296 g/mol. The maximum absolute atomic E-state index is 12.6. The summed E-state index contributed by atoms with van der Waals surface area (Å²) in [6.07, 6.45) is 2.92. The number of amides is 4. The number of rotatable bonds is 3. The van der Waals surface area contributed by atoms with E-state index < -0.39 is 23.3 Å². The van der Waals surface area contributed by atoms with Gasteiger partial charge in [-0.3, -0.25) is 19.8 Å². The molecular weight excluding hydrogens is 272 g/mol. The number of hydrogen-bond donors (Lipinski definition) is 1. The van der Waals surface area contributed by atoms with Crippen molar-refractivity contribution in [1.82, 2.24) is 10.2 Å². The number of hydrogen-bond acceptors (Lipinski definition) is 4. The Bertz CT molecular complexity index is 468. The van der Waals surface area contributed by atoms with Gasteiger partial charge < -0.3 is 4.74 Å². The predicted octanol–water partition coefficient (Wildman–Crippen LogP) is 1.83. The Labute approximate surface area is 125 Å². The molecule has 2 heterocycles. The Balaban J connectivity index is 2.26. The molecule has 4 amide bonds. The van der Waals surface area contributed by atoms with Gasteiger partial charge in [0.2, 0.25) is 11.8 Å². The first-order chi connectivity index (χ1) is 9.77. The van der Waals surface area contributed by atoms with Gasteiger partial charge in [-0.2, -0.15) is 0 Å². The van der Waals surface area contributed by atoms with E-state index in [9.17, 15) is 14.4 Å². The van der Waals surface area contributed by atoms with Crippen molar-refractivity contribution in [2.24, 2.45) is 5.41 Å². The third kappa shape index (κ3) is 2.57. The van der Waals surface area contributed by atoms with Gasteiger partial charge in [0, 0.05) is 12.6 Å². The minimum absolute atomic E-state index is 0.210. The second-order valence-corrected chi connectivity index (χ2v) is 6.44. The Morgan fingerprint density at radius 2 is 1.86 bits per heavy atom. The topological polar surface area (TPSA) is 75.7 Å². The molecule has 21 heavy (non-hydrogen) atoms. The van der Waals surface area contributed by atoms with E-state index in [1.54, 1.807) is 13.8 Å². The average molecular weight is 296 g/mol. The van der Waals surface area contributed by atoms with Crippen molar-refractivity contribution in [3.8, 4) is 0 Å². The Kier molecular flexibility index (Phi) is 4.10. The number of carbonyl (C=O) groups is 3. The molecule has 2 aliphatic heterocycles. The highest BCUT2D eigenvalue weighted by Gasteiger charge is 2.51. The van der Waals surface area contributed by atoms with E-state index in [4.69, 9.17) is 4.74 Å². The molecule has 1 atom stereocenters. The molecular formula is C15H24N2O4. The SMILES string of the molecule is CCC1(CC)CC(N2C(=O)NC(=O)C(C)(C)C2=O)CCO1. The zero-order valence-electron chi connectivity index (χ0n) is 13.2. The Morgan fingerprint density at radius 1 is 1.24 bits per heavy atom. The predicted molar refractivity (Wildman–Crippen MR) is 76.5 cm³/mol. The second-order valence-electron chi connectivity index (χ2n) is 6.44. The zero-order valence-corrected chi connectivity index (χ0v) is 13.2. The quantitative estimate of drug-likeness (QED) is 0.806. The molecule has 2 fully saturated rings. The van der Waals surface area contributed by atoms with Crippen LogP contribution in [0, 0.1) is 5.41 Å². The standard InChI is InChI=1S/C15H24N2O4/c1-5-15(6-2)9-10(7-8-21-15)17-12(19)14(3,4)11(18)16-13(17)20/h10H,5-9H2,1-4H3,(H,16,18,20). The number of imide groups is 2. The maximum atomic E-state index is 12.6. The summed E-state index contributed by atoms with van der Waals surface area (Å²) < 4.78 is 5.89. The van der Waals surface area contributed by atoms with Crippen LogP contribution in [0.4, 0.5) is 4.79 Å². The summed E-state index contributed by atoms with van der Waals surface area (Å²) in [5.74, 6) is -0.942. The fourth-order valence-corrected chi connectivity index (χ4v) is 3.10.